The second-order valence-corrected chi connectivity index (χ2v) is 7.48. The smallest absolute Gasteiger partial charge is 0.348 e. The van der Waals surface area contributed by atoms with Gasteiger partial charge in [-0.15, -0.1) is 0 Å². The third-order valence-electron chi connectivity index (χ3n) is 5.10. The van der Waals surface area contributed by atoms with Crippen molar-refractivity contribution >= 4 is 5.91 Å². The number of aromatic nitrogens is 3. The van der Waals surface area contributed by atoms with Crippen LogP contribution in [0.15, 0.2) is 58.1 Å². The van der Waals surface area contributed by atoms with Gasteiger partial charge in [-0.1, -0.05) is 43.3 Å². The molecule has 0 saturated heterocycles. The minimum Gasteiger partial charge on any atom is -0.348 e. The zero-order valence-electron chi connectivity index (χ0n) is 17.7. The first-order chi connectivity index (χ1) is 14.3. The first kappa shape index (κ1) is 21.2. The lowest BCUT2D eigenvalue weighted by atomic mass is 10.1. The molecule has 0 spiro atoms. The maximum Gasteiger partial charge on any atom is 0.352 e. The van der Waals surface area contributed by atoms with Gasteiger partial charge >= 0.3 is 5.69 Å². The van der Waals surface area contributed by atoms with Crippen LogP contribution >= 0.6 is 0 Å². The normalized spacial score (nSPS) is 11.9. The summed E-state index contributed by atoms with van der Waals surface area (Å²) in [4.78, 5) is 39.1. The van der Waals surface area contributed by atoms with E-state index in [1.165, 1.54) is 0 Å². The summed E-state index contributed by atoms with van der Waals surface area (Å²) in [6.07, 6.45) is 0.709. The van der Waals surface area contributed by atoms with Crippen molar-refractivity contribution in [1.82, 2.24) is 19.7 Å². The molecule has 0 aliphatic heterocycles. The summed E-state index contributed by atoms with van der Waals surface area (Å²) in [6, 6.07) is 14.6. The Morgan fingerprint density at radius 2 is 1.83 bits per heavy atom. The fourth-order valence-corrected chi connectivity index (χ4v) is 3.08. The van der Waals surface area contributed by atoms with Crippen LogP contribution in [0.25, 0.3) is 5.69 Å². The number of nitrogens with one attached hydrogen (secondary N) is 1. The lowest BCUT2D eigenvalue weighted by Crippen LogP contribution is -2.47. The molecule has 1 amide bonds. The Morgan fingerprint density at radius 3 is 2.50 bits per heavy atom. The molecule has 3 aromatic rings. The molecule has 1 aromatic heterocycles. The number of nitrogens with zero attached hydrogens (tertiary/aromatic N) is 3. The van der Waals surface area contributed by atoms with Crippen molar-refractivity contribution in [3.05, 3.63) is 91.8 Å². The predicted octanol–water partition coefficient (Wildman–Crippen LogP) is 2.59. The van der Waals surface area contributed by atoms with E-state index in [0.29, 0.717) is 12.1 Å². The summed E-state index contributed by atoms with van der Waals surface area (Å²) < 4.78 is 2.20. The predicted molar refractivity (Wildman–Crippen MR) is 116 cm³/mol. The zero-order chi connectivity index (χ0) is 21.8. The highest BCUT2D eigenvalue weighted by Crippen LogP contribution is 2.09. The topological polar surface area (TPSA) is 86.0 Å². The van der Waals surface area contributed by atoms with E-state index in [9.17, 15) is 14.4 Å². The Bertz CT molecular complexity index is 1190. The summed E-state index contributed by atoms with van der Waals surface area (Å²) in [5.41, 5.74) is 1.62. The van der Waals surface area contributed by atoms with Crippen molar-refractivity contribution in [3.8, 4) is 5.69 Å². The summed E-state index contributed by atoms with van der Waals surface area (Å²) in [5.74, 6) is -0.589. The van der Waals surface area contributed by atoms with E-state index in [2.05, 4.69) is 10.4 Å². The van der Waals surface area contributed by atoms with Gasteiger partial charge in [0.25, 0.3) is 11.5 Å². The van der Waals surface area contributed by atoms with Gasteiger partial charge in [0, 0.05) is 6.04 Å². The van der Waals surface area contributed by atoms with Gasteiger partial charge in [-0.2, -0.15) is 9.78 Å². The van der Waals surface area contributed by atoms with Crippen molar-refractivity contribution in [2.24, 2.45) is 0 Å². The molecular formula is C23H26N4O3. The first-order valence-corrected chi connectivity index (χ1v) is 9.98. The van der Waals surface area contributed by atoms with Crippen molar-refractivity contribution in [1.29, 1.82) is 0 Å². The van der Waals surface area contributed by atoms with E-state index in [1.54, 1.807) is 18.2 Å². The van der Waals surface area contributed by atoms with Crippen molar-refractivity contribution in [3.63, 3.8) is 0 Å². The number of benzene rings is 2. The highest BCUT2D eigenvalue weighted by atomic mass is 16.2. The zero-order valence-corrected chi connectivity index (χ0v) is 17.7. The quantitative estimate of drug-likeness (QED) is 0.682. The molecule has 1 N–H and O–H groups in total. The molecule has 156 valence electrons. The monoisotopic (exact) mass is 406 g/mol. The van der Waals surface area contributed by atoms with Crippen LogP contribution in [0.2, 0.25) is 0 Å². The van der Waals surface area contributed by atoms with Crippen LogP contribution in [-0.2, 0) is 6.54 Å². The fraction of sp³-hybridized carbons (Fsp3) is 0.304. The lowest BCUT2D eigenvalue weighted by Gasteiger charge is -2.15. The molecule has 0 unspecified atom stereocenters. The molecule has 0 aliphatic carbocycles. The van der Waals surface area contributed by atoms with Gasteiger partial charge in [0.1, 0.15) is 0 Å². The van der Waals surface area contributed by atoms with Gasteiger partial charge < -0.3 is 5.32 Å². The molecule has 2 aromatic carbocycles. The van der Waals surface area contributed by atoms with Crippen LogP contribution in [0.1, 0.15) is 47.4 Å². The van der Waals surface area contributed by atoms with E-state index >= 15 is 0 Å². The third kappa shape index (κ3) is 4.40. The van der Waals surface area contributed by atoms with E-state index < -0.39 is 17.2 Å². The number of aryl methyl sites for hydroxylation is 2. The average molecular weight is 406 g/mol. The highest BCUT2D eigenvalue weighted by Gasteiger charge is 2.21. The van der Waals surface area contributed by atoms with E-state index in [4.69, 9.17) is 0 Å². The minimum absolute atomic E-state index is 0.0578. The van der Waals surface area contributed by atoms with Crippen molar-refractivity contribution < 1.29 is 4.79 Å². The Balaban J connectivity index is 2.22. The van der Waals surface area contributed by atoms with Crippen LogP contribution < -0.4 is 16.6 Å². The molecule has 0 aliphatic rings. The number of hydrogen-bond acceptors (Lipinski definition) is 4. The summed E-state index contributed by atoms with van der Waals surface area (Å²) in [7, 11) is 0. The van der Waals surface area contributed by atoms with Crippen LogP contribution in [0, 0.1) is 13.8 Å². The molecule has 1 heterocycles. The maximum atomic E-state index is 13.2. The molecule has 7 nitrogen and oxygen atoms in total. The first-order valence-electron chi connectivity index (χ1n) is 9.98. The van der Waals surface area contributed by atoms with Gasteiger partial charge in [-0.05, 0) is 56.0 Å². The Hall–Kier alpha value is -3.48. The van der Waals surface area contributed by atoms with Crippen LogP contribution in [0.5, 0.6) is 0 Å². The number of carbonyl (C=O) groups excluding carboxylic acids is 1. The molecule has 3 rings (SSSR count). The molecule has 0 radical (unpaired) electrons. The van der Waals surface area contributed by atoms with Gasteiger partial charge in [0.2, 0.25) is 5.69 Å². The van der Waals surface area contributed by atoms with E-state index in [-0.39, 0.29) is 18.3 Å². The second kappa shape index (κ2) is 8.90. The molecule has 0 bridgehead atoms. The van der Waals surface area contributed by atoms with E-state index in [1.807, 2.05) is 58.0 Å². The molecule has 30 heavy (non-hydrogen) atoms. The van der Waals surface area contributed by atoms with Crippen molar-refractivity contribution in [2.45, 2.75) is 46.7 Å². The number of amides is 1. The fourth-order valence-electron chi connectivity index (χ4n) is 3.08. The van der Waals surface area contributed by atoms with Crippen LogP contribution in [-0.4, -0.2) is 26.3 Å². The SMILES string of the molecule is CC[C@H](C)NC(=O)c1nn(-c2cccc(C)c2)c(=O)n(Cc2ccccc2C)c1=O. The Kier molecular flexibility index (Phi) is 6.30. The van der Waals surface area contributed by atoms with Gasteiger partial charge in [-0.25, -0.2) is 4.79 Å². The number of rotatable bonds is 6. The number of hydrogen-bond donors (Lipinski definition) is 1. The summed E-state index contributed by atoms with van der Waals surface area (Å²) in [5, 5.41) is 6.92. The Labute approximate surface area is 175 Å². The third-order valence-corrected chi connectivity index (χ3v) is 5.10. The number of carbonyl (C=O) groups is 1. The average Bonchev–Trinajstić information content (AvgIpc) is 2.72. The molecule has 0 fully saturated rings. The summed E-state index contributed by atoms with van der Waals surface area (Å²) in [6.45, 7) is 7.65. The second-order valence-electron chi connectivity index (χ2n) is 7.48. The van der Waals surface area contributed by atoms with Gasteiger partial charge in [0.15, 0.2) is 0 Å². The van der Waals surface area contributed by atoms with Crippen LogP contribution in [0.3, 0.4) is 0 Å². The minimum atomic E-state index is -0.701. The maximum absolute atomic E-state index is 13.2. The lowest BCUT2D eigenvalue weighted by molar-refractivity contribution is 0.0929. The summed E-state index contributed by atoms with van der Waals surface area (Å²) >= 11 is 0. The van der Waals surface area contributed by atoms with Crippen LogP contribution in [0.4, 0.5) is 0 Å². The highest BCUT2D eigenvalue weighted by molar-refractivity contribution is 5.91. The standard InChI is InChI=1S/C23H26N4O3/c1-5-17(4)24-21(28)20-22(29)26(14-18-11-7-6-10-16(18)3)23(30)27(25-20)19-12-8-9-15(2)13-19/h6-13,17H,5,14H2,1-4H3,(H,24,28)/t17-/m0/s1. The van der Waals surface area contributed by atoms with Crippen molar-refractivity contribution in [2.75, 3.05) is 0 Å². The molecule has 7 heteroatoms. The molecular weight excluding hydrogens is 380 g/mol. The largest absolute Gasteiger partial charge is 0.352 e. The molecule has 0 saturated carbocycles. The van der Waals surface area contributed by atoms with Gasteiger partial charge in [-0.3, -0.25) is 14.2 Å². The molecule has 1 atom stereocenters. The van der Waals surface area contributed by atoms with E-state index in [0.717, 1.165) is 25.9 Å². The van der Waals surface area contributed by atoms with Gasteiger partial charge in [0.05, 0.1) is 12.2 Å². The Morgan fingerprint density at radius 1 is 1.10 bits per heavy atom.